The van der Waals surface area contributed by atoms with E-state index in [0.29, 0.717) is 12.0 Å². The Morgan fingerprint density at radius 3 is 2.75 bits per heavy atom. The van der Waals surface area contributed by atoms with E-state index >= 15 is 0 Å². The van der Waals surface area contributed by atoms with Gasteiger partial charge in [-0.25, -0.2) is 0 Å². The van der Waals surface area contributed by atoms with Crippen molar-refractivity contribution in [3.05, 3.63) is 29.3 Å². The number of fused-ring (bicyclic) bond motifs is 1. The van der Waals surface area contributed by atoms with Crippen molar-refractivity contribution >= 4 is 11.6 Å². The molecule has 3 unspecified atom stereocenters. The van der Waals surface area contributed by atoms with E-state index in [4.69, 9.17) is 0 Å². The molecule has 1 amide bonds. The number of aryl methyl sites for hydroxylation is 2. The van der Waals surface area contributed by atoms with E-state index in [1.54, 1.807) is 0 Å². The first-order valence-corrected chi connectivity index (χ1v) is 7.77. The SMILES string of the molecule is Cc1ccc(NC(=O)C2CC3CCCCC3N2)cc1C. The van der Waals surface area contributed by atoms with Crippen molar-refractivity contribution in [2.24, 2.45) is 5.92 Å². The van der Waals surface area contributed by atoms with Crippen LogP contribution in [0.1, 0.15) is 43.2 Å². The Morgan fingerprint density at radius 2 is 2.00 bits per heavy atom. The van der Waals surface area contributed by atoms with Crippen LogP contribution in [0.2, 0.25) is 0 Å². The van der Waals surface area contributed by atoms with Crippen LogP contribution in [0.5, 0.6) is 0 Å². The number of benzene rings is 1. The van der Waals surface area contributed by atoms with Gasteiger partial charge in [-0.15, -0.1) is 0 Å². The number of carbonyl (C=O) groups is 1. The van der Waals surface area contributed by atoms with E-state index in [2.05, 4.69) is 36.6 Å². The van der Waals surface area contributed by atoms with Crippen LogP contribution in [0.4, 0.5) is 5.69 Å². The third kappa shape index (κ3) is 2.73. The van der Waals surface area contributed by atoms with Gasteiger partial charge in [0.25, 0.3) is 0 Å². The lowest BCUT2D eigenvalue weighted by Crippen LogP contribution is -2.39. The highest BCUT2D eigenvalue weighted by atomic mass is 16.2. The molecule has 0 bridgehead atoms. The van der Waals surface area contributed by atoms with Crippen molar-refractivity contribution < 1.29 is 4.79 Å². The lowest BCUT2D eigenvalue weighted by Gasteiger charge is -2.24. The normalized spacial score (nSPS) is 29.0. The maximum atomic E-state index is 12.4. The second kappa shape index (κ2) is 5.57. The molecule has 2 N–H and O–H groups in total. The first kappa shape index (κ1) is 13.6. The third-order valence-corrected chi connectivity index (χ3v) is 4.95. The van der Waals surface area contributed by atoms with Crippen LogP contribution in [-0.2, 0) is 4.79 Å². The Hall–Kier alpha value is -1.35. The van der Waals surface area contributed by atoms with Crippen LogP contribution in [0.15, 0.2) is 18.2 Å². The molecular formula is C17H24N2O. The van der Waals surface area contributed by atoms with Crippen LogP contribution in [0, 0.1) is 19.8 Å². The molecule has 0 spiro atoms. The second-order valence-electron chi connectivity index (χ2n) is 6.39. The molecule has 1 heterocycles. The molecule has 3 atom stereocenters. The van der Waals surface area contributed by atoms with Crippen molar-refractivity contribution in [2.45, 2.75) is 58.0 Å². The molecule has 0 aromatic heterocycles. The summed E-state index contributed by atoms with van der Waals surface area (Å²) in [5, 5.41) is 6.59. The van der Waals surface area contributed by atoms with Gasteiger partial charge in [-0.3, -0.25) is 4.79 Å². The molecule has 108 valence electrons. The van der Waals surface area contributed by atoms with Crippen LogP contribution < -0.4 is 10.6 Å². The topological polar surface area (TPSA) is 41.1 Å². The van der Waals surface area contributed by atoms with Gasteiger partial charge in [0.2, 0.25) is 5.91 Å². The Morgan fingerprint density at radius 1 is 1.20 bits per heavy atom. The van der Waals surface area contributed by atoms with Gasteiger partial charge < -0.3 is 10.6 Å². The van der Waals surface area contributed by atoms with E-state index in [-0.39, 0.29) is 11.9 Å². The number of rotatable bonds is 2. The molecule has 1 aliphatic heterocycles. The Labute approximate surface area is 121 Å². The average molecular weight is 272 g/mol. The predicted molar refractivity (Wildman–Crippen MR) is 81.8 cm³/mol. The summed E-state index contributed by atoms with van der Waals surface area (Å²) in [5.74, 6) is 0.835. The number of hydrogen-bond donors (Lipinski definition) is 2. The Balaban J connectivity index is 1.63. The molecule has 1 aliphatic carbocycles. The minimum Gasteiger partial charge on any atom is -0.325 e. The Bertz CT molecular complexity index is 498. The van der Waals surface area contributed by atoms with E-state index in [1.807, 2.05) is 6.07 Å². The quantitative estimate of drug-likeness (QED) is 0.868. The van der Waals surface area contributed by atoms with E-state index in [0.717, 1.165) is 12.1 Å². The molecule has 1 saturated heterocycles. The van der Waals surface area contributed by atoms with E-state index < -0.39 is 0 Å². The lowest BCUT2D eigenvalue weighted by molar-refractivity contribution is -0.117. The summed E-state index contributed by atoms with van der Waals surface area (Å²) in [6, 6.07) is 6.66. The van der Waals surface area contributed by atoms with Crippen LogP contribution in [0.3, 0.4) is 0 Å². The fraction of sp³-hybridized carbons (Fsp3) is 0.588. The van der Waals surface area contributed by atoms with Crippen LogP contribution in [0.25, 0.3) is 0 Å². The molecule has 1 aromatic rings. The summed E-state index contributed by atoms with van der Waals surface area (Å²) >= 11 is 0. The summed E-state index contributed by atoms with van der Waals surface area (Å²) < 4.78 is 0. The van der Waals surface area contributed by atoms with Gasteiger partial charge in [-0.2, -0.15) is 0 Å². The largest absolute Gasteiger partial charge is 0.325 e. The predicted octanol–water partition coefficient (Wildman–Crippen LogP) is 3.16. The molecule has 2 fully saturated rings. The summed E-state index contributed by atoms with van der Waals surface area (Å²) in [7, 11) is 0. The minimum atomic E-state index is -0.00953. The lowest BCUT2D eigenvalue weighted by atomic mass is 9.85. The zero-order valence-corrected chi connectivity index (χ0v) is 12.4. The molecule has 20 heavy (non-hydrogen) atoms. The number of hydrogen-bond acceptors (Lipinski definition) is 2. The Kier molecular flexibility index (Phi) is 3.79. The highest BCUT2D eigenvalue weighted by molar-refractivity contribution is 5.95. The maximum Gasteiger partial charge on any atom is 0.241 e. The summed E-state index contributed by atoms with van der Waals surface area (Å²) in [6.45, 7) is 4.16. The van der Waals surface area contributed by atoms with E-state index in [9.17, 15) is 4.79 Å². The first-order chi connectivity index (χ1) is 9.63. The fourth-order valence-corrected chi connectivity index (χ4v) is 3.57. The zero-order valence-electron chi connectivity index (χ0n) is 12.4. The molecule has 3 rings (SSSR count). The number of amides is 1. The standard InChI is InChI=1S/C17H24N2O/c1-11-7-8-14(9-12(11)2)18-17(20)16-10-13-5-3-4-6-15(13)19-16/h7-9,13,15-16,19H,3-6,10H2,1-2H3,(H,18,20). The van der Waals surface area contributed by atoms with Crippen molar-refractivity contribution in [3.8, 4) is 0 Å². The summed E-state index contributed by atoms with van der Waals surface area (Å²) in [5.41, 5.74) is 3.39. The smallest absolute Gasteiger partial charge is 0.241 e. The van der Waals surface area contributed by atoms with Gasteiger partial charge in [0, 0.05) is 11.7 Å². The van der Waals surface area contributed by atoms with Gasteiger partial charge in [0.05, 0.1) is 6.04 Å². The van der Waals surface area contributed by atoms with Crippen LogP contribution in [-0.4, -0.2) is 18.0 Å². The molecule has 3 nitrogen and oxygen atoms in total. The van der Waals surface area contributed by atoms with Crippen molar-refractivity contribution in [1.82, 2.24) is 5.32 Å². The molecule has 1 aromatic carbocycles. The van der Waals surface area contributed by atoms with E-state index in [1.165, 1.54) is 36.8 Å². The number of nitrogens with one attached hydrogen (secondary N) is 2. The molecule has 3 heteroatoms. The highest BCUT2D eigenvalue weighted by Crippen LogP contribution is 2.33. The van der Waals surface area contributed by atoms with Gasteiger partial charge in [-0.1, -0.05) is 18.9 Å². The van der Waals surface area contributed by atoms with Gasteiger partial charge in [0.1, 0.15) is 0 Å². The molecule has 1 saturated carbocycles. The minimum absolute atomic E-state index is 0.00953. The van der Waals surface area contributed by atoms with Crippen molar-refractivity contribution in [1.29, 1.82) is 0 Å². The van der Waals surface area contributed by atoms with Crippen LogP contribution >= 0.6 is 0 Å². The number of anilines is 1. The van der Waals surface area contributed by atoms with Crippen molar-refractivity contribution in [2.75, 3.05) is 5.32 Å². The van der Waals surface area contributed by atoms with Gasteiger partial charge in [0.15, 0.2) is 0 Å². The molecule has 2 aliphatic rings. The zero-order chi connectivity index (χ0) is 14.1. The first-order valence-electron chi connectivity index (χ1n) is 7.77. The van der Waals surface area contributed by atoms with Gasteiger partial charge >= 0.3 is 0 Å². The van der Waals surface area contributed by atoms with Crippen molar-refractivity contribution in [3.63, 3.8) is 0 Å². The molecule has 0 radical (unpaired) electrons. The average Bonchev–Trinajstić information content (AvgIpc) is 2.87. The maximum absolute atomic E-state index is 12.4. The summed E-state index contributed by atoms with van der Waals surface area (Å²) in [6.07, 6.45) is 6.15. The number of carbonyl (C=O) groups excluding carboxylic acids is 1. The monoisotopic (exact) mass is 272 g/mol. The van der Waals surface area contributed by atoms with Gasteiger partial charge in [-0.05, 0) is 62.3 Å². The summed E-state index contributed by atoms with van der Waals surface area (Å²) in [4.78, 5) is 12.4. The highest BCUT2D eigenvalue weighted by Gasteiger charge is 2.38. The third-order valence-electron chi connectivity index (χ3n) is 4.95. The second-order valence-corrected chi connectivity index (χ2v) is 6.39. The molecular weight excluding hydrogens is 248 g/mol. The fourth-order valence-electron chi connectivity index (χ4n) is 3.57.